The summed E-state index contributed by atoms with van der Waals surface area (Å²) in [5, 5.41) is 9.65. The molecule has 0 atom stereocenters. The molecule has 0 spiro atoms. The number of phenols is 1. The quantitative estimate of drug-likeness (QED) is 0.579. The minimum absolute atomic E-state index is 0.0778. The Bertz CT molecular complexity index is 478. The van der Waals surface area contributed by atoms with Crippen molar-refractivity contribution in [2.24, 2.45) is 9.98 Å². The number of para-hydroxylation sites is 1. The number of carbonyl (C=O) groups excluding carboxylic acids is 1. The number of phenolic OH excluding ortho intramolecular Hbond substituents is 1. The molecule has 1 aliphatic rings. The van der Waals surface area contributed by atoms with Crippen molar-refractivity contribution in [3.8, 4) is 5.75 Å². The van der Waals surface area contributed by atoms with Crippen LogP contribution in [0.4, 0.5) is 4.42 Å². The zero-order valence-corrected chi connectivity index (χ0v) is 8.44. The van der Waals surface area contributed by atoms with Gasteiger partial charge in [0.05, 0.1) is 12.4 Å². The third-order valence-electron chi connectivity index (χ3n) is 1.74. The maximum absolute atomic E-state index is 9.50. The molecule has 0 saturated heterocycles. The third-order valence-corrected chi connectivity index (χ3v) is 2.05. The fourth-order valence-electron chi connectivity index (χ4n) is 1.06. The number of amides is 2. The van der Waals surface area contributed by atoms with Crippen LogP contribution in [0.5, 0.6) is 5.75 Å². The molecule has 5 heteroatoms. The van der Waals surface area contributed by atoms with Crippen LogP contribution in [0.2, 0.25) is 0 Å². The van der Waals surface area contributed by atoms with Crippen LogP contribution in [-0.2, 0) is 0 Å². The topological polar surface area (TPSA) is 56.2 Å². The van der Waals surface area contributed by atoms with Gasteiger partial charge in [-0.25, -0.2) is 0 Å². The number of rotatable bonds is 1. The SMILES string of the molecule is Oc1ccccc1C(=S)[O+]=C1N=CC=N1. The van der Waals surface area contributed by atoms with Crippen LogP contribution in [-0.4, -0.2) is 28.6 Å². The van der Waals surface area contributed by atoms with Crippen LogP contribution in [0.3, 0.4) is 0 Å². The van der Waals surface area contributed by atoms with Crippen molar-refractivity contribution in [2.45, 2.75) is 0 Å². The first-order chi connectivity index (χ1) is 7.27. The van der Waals surface area contributed by atoms with Crippen molar-refractivity contribution in [2.75, 3.05) is 0 Å². The molecule has 4 nitrogen and oxygen atoms in total. The van der Waals surface area contributed by atoms with Crippen molar-refractivity contribution < 1.29 is 9.53 Å². The highest BCUT2D eigenvalue weighted by molar-refractivity contribution is 7.80. The molecule has 0 fully saturated rings. The Balaban J connectivity index is 2.29. The summed E-state index contributed by atoms with van der Waals surface area (Å²) in [4.78, 5) is 7.62. The predicted molar refractivity (Wildman–Crippen MR) is 62.2 cm³/mol. The molecule has 2 rings (SSSR count). The number of benzene rings is 1. The van der Waals surface area contributed by atoms with E-state index in [0.717, 1.165) is 0 Å². The molecule has 0 radical (unpaired) electrons. The molecule has 0 bridgehead atoms. The van der Waals surface area contributed by atoms with Gasteiger partial charge in [-0.1, -0.05) is 12.1 Å². The van der Waals surface area contributed by atoms with Gasteiger partial charge in [0.2, 0.25) is 0 Å². The molecule has 1 aliphatic heterocycles. The summed E-state index contributed by atoms with van der Waals surface area (Å²) in [6.45, 7) is 0. The van der Waals surface area contributed by atoms with Gasteiger partial charge in [0.1, 0.15) is 11.3 Å². The van der Waals surface area contributed by atoms with Crippen LogP contribution in [0.25, 0.3) is 0 Å². The smallest absolute Gasteiger partial charge is 0.507 e. The molecular weight excluding hydrogens is 212 g/mol. The first-order valence-corrected chi connectivity index (χ1v) is 4.62. The highest BCUT2D eigenvalue weighted by Gasteiger charge is 2.20. The Labute approximate surface area is 91.3 Å². The fourth-order valence-corrected chi connectivity index (χ4v) is 1.31. The van der Waals surface area contributed by atoms with Crippen molar-refractivity contribution in [1.82, 2.24) is 0 Å². The highest BCUT2D eigenvalue weighted by Crippen LogP contribution is 2.19. The lowest BCUT2D eigenvalue weighted by Crippen LogP contribution is -1.93. The summed E-state index contributed by atoms with van der Waals surface area (Å²) >= 11 is 4.99. The number of aromatic hydroxyl groups is 1. The summed E-state index contributed by atoms with van der Waals surface area (Å²) in [6.07, 6.45) is 3.01. The van der Waals surface area contributed by atoms with Crippen LogP contribution in [0.15, 0.2) is 34.3 Å². The zero-order chi connectivity index (χ0) is 10.7. The molecule has 0 unspecified atom stereocenters. The fraction of sp³-hybridized carbons (Fsp3) is 0. The monoisotopic (exact) mass is 219 g/mol. The lowest BCUT2D eigenvalue weighted by molar-refractivity contribution is 0.0476. The van der Waals surface area contributed by atoms with Gasteiger partial charge in [-0.3, -0.25) is 0 Å². The molecule has 15 heavy (non-hydrogen) atoms. The van der Waals surface area contributed by atoms with E-state index in [4.69, 9.17) is 16.6 Å². The zero-order valence-electron chi connectivity index (χ0n) is 7.62. The minimum atomic E-state index is 0.0778. The molecular formula is C10H7N2O2S+. The lowest BCUT2D eigenvalue weighted by atomic mass is 10.2. The molecule has 1 aromatic carbocycles. The van der Waals surface area contributed by atoms with Crippen molar-refractivity contribution >= 4 is 35.7 Å². The van der Waals surface area contributed by atoms with Gasteiger partial charge < -0.3 is 5.11 Å². The number of aliphatic imine (C=N–C) groups is 2. The summed E-state index contributed by atoms with van der Waals surface area (Å²) in [5.41, 5.74) is 0.456. The van der Waals surface area contributed by atoms with Gasteiger partial charge in [-0.15, -0.1) is 9.98 Å². The van der Waals surface area contributed by atoms with E-state index in [1.165, 1.54) is 18.5 Å². The van der Waals surface area contributed by atoms with Crippen LogP contribution in [0, 0.1) is 0 Å². The average molecular weight is 219 g/mol. The number of hydrogen-bond donors (Lipinski definition) is 1. The van der Waals surface area contributed by atoms with Crippen LogP contribution in [0.1, 0.15) is 5.56 Å². The van der Waals surface area contributed by atoms with Gasteiger partial charge in [0, 0.05) is 12.2 Å². The Morgan fingerprint density at radius 2 is 1.87 bits per heavy atom. The van der Waals surface area contributed by atoms with Crippen molar-refractivity contribution in [1.29, 1.82) is 0 Å². The van der Waals surface area contributed by atoms with E-state index in [2.05, 4.69) is 9.98 Å². The van der Waals surface area contributed by atoms with Crippen LogP contribution >= 0.6 is 12.2 Å². The largest absolute Gasteiger partial charge is 0.562 e. The normalized spacial score (nSPS) is 13.2. The van der Waals surface area contributed by atoms with E-state index in [1.54, 1.807) is 18.2 Å². The van der Waals surface area contributed by atoms with Gasteiger partial charge in [0.25, 0.3) is 0 Å². The molecule has 1 N–H and O–H groups in total. The van der Waals surface area contributed by atoms with Gasteiger partial charge in [-0.05, 0) is 12.1 Å². The number of thiocarbonyl (C=S) groups is 1. The highest BCUT2D eigenvalue weighted by atomic mass is 32.1. The Morgan fingerprint density at radius 1 is 1.20 bits per heavy atom. The number of hydrogen-bond acceptors (Lipinski definition) is 2. The van der Waals surface area contributed by atoms with Crippen LogP contribution < -0.4 is 0 Å². The number of urea groups is 1. The molecule has 0 aromatic heterocycles. The van der Waals surface area contributed by atoms with E-state index in [9.17, 15) is 5.11 Å². The van der Waals surface area contributed by atoms with E-state index in [1.807, 2.05) is 0 Å². The second-order valence-corrected chi connectivity index (χ2v) is 3.12. The summed E-state index contributed by atoms with van der Waals surface area (Å²) in [7, 11) is 0. The summed E-state index contributed by atoms with van der Waals surface area (Å²) in [6, 6.07) is 6.86. The first kappa shape index (κ1) is 9.67. The molecule has 1 aromatic rings. The Kier molecular flexibility index (Phi) is 2.64. The predicted octanol–water partition coefficient (Wildman–Crippen LogP) is 1.88. The second kappa shape index (κ2) is 4.10. The summed E-state index contributed by atoms with van der Waals surface area (Å²) < 4.78 is 5.17. The van der Waals surface area contributed by atoms with E-state index < -0.39 is 0 Å². The maximum Gasteiger partial charge on any atom is 0.562 e. The first-order valence-electron chi connectivity index (χ1n) is 4.21. The van der Waals surface area contributed by atoms with E-state index >= 15 is 0 Å². The molecule has 2 amide bonds. The molecule has 0 aliphatic carbocycles. The lowest BCUT2D eigenvalue weighted by Gasteiger charge is -1.93. The molecule has 0 saturated carbocycles. The van der Waals surface area contributed by atoms with E-state index in [0.29, 0.717) is 5.56 Å². The van der Waals surface area contributed by atoms with Crippen molar-refractivity contribution in [3.63, 3.8) is 0 Å². The Hall–Kier alpha value is -1.88. The Morgan fingerprint density at radius 3 is 2.53 bits per heavy atom. The standard InChI is InChI=1S/C10H6N2O2S/c13-8-4-2-1-3-7(8)9(15)14-10-11-5-6-12-10/h1-6H/p+1. The van der Waals surface area contributed by atoms with Gasteiger partial charge in [-0.2, -0.15) is 4.42 Å². The molecule has 1 heterocycles. The van der Waals surface area contributed by atoms with E-state index in [-0.39, 0.29) is 16.8 Å². The van der Waals surface area contributed by atoms with Gasteiger partial charge >= 0.3 is 11.1 Å². The third kappa shape index (κ3) is 2.13. The molecule has 74 valence electrons. The second-order valence-electron chi connectivity index (χ2n) is 2.75. The number of nitrogens with zero attached hydrogens (tertiary/aromatic N) is 2. The average Bonchev–Trinajstić information content (AvgIpc) is 2.71. The maximum atomic E-state index is 9.50. The van der Waals surface area contributed by atoms with Crippen molar-refractivity contribution in [3.05, 3.63) is 29.8 Å². The van der Waals surface area contributed by atoms with Gasteiger partial charge in [0.15, 0.2) is 0 Å². The minimum Gasteiger partial charge on any atom is -0.507 e. The summed E-state index contributed by atoms with van der Waals surface area (Å²) in [5.74, 6) is 0.0778.